The molecular formula is C7H8ClN. The maximum Gasteiger partial charge on any atom is 0.106 e. The predicted molar refractivity (Wildman–Crippen MR) is 39.2 cm³/mol. The van der Waals surface area contributed by atoms with Gasteiger partial charge in [0.15, 0.2) is 0 Å². The molecule has 0 heterocycles. The normalized spacial score (nSPS) is 13.1. The van der Waals surface area contributed by atoms with Crippen molar-refractivity contribution < 1.29 is 0 Å². The first-order chi connectivity index (χ1) is 4.30. The summed E-state index contributed by atoms with van der Waals surface area (Å²) in [5, 5.41) is 0. The molecule has 48 valence electrons. The highest BCUT2D eigenvalue weighted by atomic mass is 35.5. The van der Waals surface area contributed by atoms with E-state index in [-0.39, 0.29) is 5.50 Å². The molecule has 1 rings (SSSR count). The Balaban J connectivity index is 2.85. The number of halogens is 1. The summed E-state index contributed by atoms with van der Waals surface area (Å²) in [5.41, 5.74) is 5.97. The summed E-state index contributed by atoms with van der Waals surface area (Å²) in [6.07, 6.45) is 0. The fourth-order valence-electron chi connectivity index (χ4n) is 0.637. The molecule has 0 saturated heterocycles. The molecule has 1 nitrogen and oxygen atoms in total. The quantitative estimate of drug-likeness (QED) is 0.469. The van der Waals surface area contributed by atoms with Crippen LogP contribution in [-0.2, 0) is 0 Å². The molecule has 2 N–H and O–H groups in total. The molecule has 0 saturated carbocycles. The zero-order chi connectivity index (χ0) is 6.69. The SMILES string of the molecule is N[C@H](Cl)c1ccccc1. The average molecular weight is 142 g/mol. The largest absolute Gasteiger partial charge is 0.312 e. The van der Waals surface area contributed by atoms with Crippen LogP contribution in [0.3, 0.4) is 0 Å². The maximum atomic E-state index is 5.58. The van der Waals surface area contributed by atoms with E-state index < -0.39 is 0 Å². The number of hydrogen-bond acceptors (Lipinski definition) is 1. The Morgan fingerprint density at radius 2 is 1.78 bits per heavy atom. The second kappa shape index (κ2) is 2.85. The van der Waals surface area contributed by atoms with E-state index in [0.717, 1.165) is 5.56 Å². The third-order valence-electron chi connectivity index (χ3n) is 1.12. The van der Waals surface area contributed by atoms with Gasteiger partial charge in [0.2, 0.25) is 0 Å². The van der Waals surface area contributed by atoms with Crippen LogP contribution in [-0.4, -0.2) is 0 Å². The molecule has 0 aliphatic carbocycles. The third kappa shape index (κ3) is 1.70. The van der Waals surface area contributed by atoms with E-state index in [2.05, 4.69) is 0 Å². The summed E-state index contributed by atoms with van der Waals surface area (Å²) in [5.74, 6) is 0. The fourth-order valence-corrected chi connectivity index (χ4v) is 0.782. The molecule has 0 spiro atoms. The Morgan fingerprint density at radius 1 is 1.22 bits per heavy atom. The smallest absolute Gasteiger partial charge is 0.106 e. The van der Waals surface area contributed by atoms with Crippen molar-refractivity contribution in [3.63, 3.8) is 0 Å². The van der Waals surface area contributed by atoms with Crippen molar-refractivity contribution in [1.82, 2.24) is 0 Å². The minimum absolute atomic E-state index is 0.369. The molecule has 0 fully saturated rings. The zero-order valence-corrected chi connectivity index (χ0v) is 5.68. The van der Waals surface area contributed by atoms with Crippen molar-refractivity contribution in [3.8, 4) is 0 Å². The highest BCUT2D eigenvalue weighted by Crippen LogP contribution is 2.11. The number of hydrogen-bond donors (Lipinski definition) is 1. The molecule has 0 aliphatic heterocycles. The number of alkyl halides is 1. The maximum absolute atomic E-state index is 5.58. The highest BCUT2D eigenvalue weighted by Gasteiger charge is 1.96. The first-order valence-corrected chi connectivity index (χ1v) is 3.19. The van der Waals surface area contributed by atoms with Gasteiger partial charge in [0.1, 0.15) is 5.50 Å². The second-order valence-corrected chi connectivity index (χ2v) is 2.28. The van der Waals surface area contributed by atoms with Crippen LogP contribution in [0.25, 0.3) is 0 Å². The fraction of sp³-hybridized carbons (Fsp3) is 0.143. The topological polar surface area (TPSA) is 26.0 Å². The van der Waals surface area contributed by atoms with Crippen LogP contribution in [0.4, 0.5) is 0 Å². The van der Waals surface area contributed by atoms with Gasteiger partial charge >= 0.3 is 0 Å². The average Bonchev–Trinajstić information content (AvgIpc) is 1.90. The van der Waals surface area contributed by atoms with Crippen LogP contribution in [0.1, 0.15) is 11.1 Å². The standard InChI is InChI=1S/C7H8ClN/c8-7(9)6-4-2-1-3-5-6/h1-5,7H,9H2/t7-/m0/s1. The first-order valence-electron chi connectivity index (χ1n) is 2.75. The Labute approximate surface area is 59.4 Å². The van der Waals surface area contributed by atoms with Crippen molar-refractivity contribution in [2.45, 2.75) is 5.50 Å². The molecule has 2 heteroatoms. The molecule has 9 heavy (non-hydrogen) atoms. The van der Waals surface area contributed by atoms with E-state index in [1.54, 1.807) is 0 Å². The molecule has 0 aliphatic rings. The van der Waals surface area contributed by atoms with Crippen LogP contribution >= 0.6 is 11.6 Å². The molecule has 0 amide bonds. The number of benzene rings is 1. The molecular weight excluding hydrogens is 134 g/mol. The summed E-state index contributed by atoms with van der Waals surface area (Å²) >= 11 is 5.58. The van der Waals surface area contributed by atoms with Crippen LogP contribution in [0, 0.1) is 0 Å². The van der Waals surface area contributed by atoms with E-state index in [1.807, 2.05) is 30.3 Å². The van der Waals surface area contributed by atoms with E-state index in [1.165, 1.54) is 0 Å². The number of rotatable bonds is 1. The molecule has 1 aromatic rings. The van der Waals surface area contributed by atoms with Gasteiger partial charge in [-0.1, -0.05) is 30.3 Å². The van der Waals surface area contributed by atoms with Gasteiger partial charge in [0.05, 0.1) is 0 Å². The van der Waals surface area contributed by atoms with E-state index >= 15 is 0 Å². The highest BCUT2D eigenvalue weighted by molar-refractivity contribution is 6.20. The minimum Gasteiger partial charge on any atom is -0.312 e. The van der Waals surface area contributed by atoms with Crippen molar-refractivity contribution in [3.05, 3.63) is 35.9 Å². The summed E-state index contributed by atoms with van der Waals surface area (Å²) in [6.45, 7) is 0. The van der Waals surface area contributed by atoms with Gasteiger partial charge in [0.25, 0.3) is 0 Å². The molecule has 1 aromatic carbocycles. The van der Waals surface area contributed by atoms with E-state index in [9.17, 15) is 0 Å². The third-order valence-corrected chi connectivity index (χ3v) is 1.37. The lowest BCUT2D eigenvalue weighted by Crippen LogP contribution is -2.00. The lowest BCUT2D eigenvalue weighted by Gasteiger charge is -1.99. The molecule has 0 radical (unpaired) electrons. The van der Waals surface area contributed by atoms with Crippen molar-refractivity contribution >= 4 is 11.6 Å². The predicted octanol–water partition coefficient (Wildman–Crippen LogP) is 1.88. The lowest BCUT2D eigenvalue weighted by atomic mass is 10.2. The molecule has 0 unspecified atom stereocenters. The van der Waals surface area contributed by atoms with Gasteiger partial charge in [-0.05, 0) is 5.56 Å². The van der Waals surface area contributed by atoms with Crippen LogP contribution in [0.15, 0.2) is 30.3 Å². The minimum atomic E-state index is -0.369. The van der Waals surface area contributed by atoms with Gasteiger partial charge < -0.3 is 5.73 Å². The van der Waals surface area contributed by atoms with Crippen molar-refractivity contribution in [2.24, 2.45) is 5.73 Å². The summed E-state index contributed by atoms with van der Waals surface area (Å²) in [4.78, 5) is 0. The Morgan fingerprint density at radius 3 is 2.11 bits per heavy atom. The van der Waals surface area contributed by atoms with Crippen molar-refractivity contribution in [2.75, 3.05) is 0 Å². The van der Waals surface area contributed by atoms with Crippen LogP contribution in [0.2, 0.25) is 0 Å². The van der Waals surface area contributed by atoms with E-state index in [4.69, 9.17) is 17.3 Å². The van der Waals surface area contributed by atoms with Gasteiger partial charge in [-0.15, -0.1) is 11.6 Å². The Hall–Kier alpha value is -0.530. The summed E-state index contributed by atoms with van der Waals surface area (Å²) in [7, 11) is 0. The van der Waals surface area contributed by atoms with Crippen LogP contribution in [0.5, 0.6) is 0 Å². The monoisotopic (exact) mass is 141 g/mol. The Bertz CT molecular complexity index is 172. The molecule has 0 bridgehead atoms. The van der Waals surface area contributed by atoms with Gasteiger partial charge in [-0.2, -0.15) is 0 Å². The van der Waals surface area contributed by atoms with Gasteiger partial charge in [0, 0.05) is 0 Å². The van der Waals surface area contributed by atoms with Crippen LogP contribution < -0.4 is 5.73 Å². The zero-order valence-electron chi connectivity index (χ0n) is 4.92. The number of nitrogens with two attached hydrogens (primary N) is 1. The molecule has 0 aromatic heterocycles. The Kier molecular flexibility index (Phi) is 2.09. The second-order valence-electron chi connectivity index (χ2n) is 1.81. The van der Waals surface area contributed by atoms with E-state index in [0.29, 0.717) is 0 Å². The first kappa shape index (κ1) is 6.59. The van der Waals surface area contributed by atoms with Crippen molar-refractivity contribution in [1.29, 1.82) is 0 Å². The van der Waals surface area contributed by atoms with Gasteiger partial charge in [-0.3, -0.25) is 0 Å². The summed E-state index contributed by atoms with van der Waals surface area (Å²) in [6, 6.07) is 9.56. The lowest BCUT2D eigenvalue weighted by molar-refractivity contribution is 1.02. The van der Waals surface area contributed by atoms with Gasteiger partial charge in [-0.25, -0.2) is 0 Å². The summed E-state index contributed by atoms with van der Waals surface area (Å²) < 4.78 is 0. The molecule has 1 atom stereocenters.